The molecule has 2 rings (SSSR count). The summed E-state index contributed by atoms with van der Waals surface area (Å²) in [6.07, 6.45) is 0. The van der Waals surface area contributed by atoms with Gasteiger partial charge in [-0.3, -0.25) is 9.36 Å². The van der Waals surface area contributed by atoms with Crippen LogP contribution in [0.4, 0.5) is 0 Å². The Morgan fingerprint density at radius 1 is 1.10 bits per heavy atom. The minimum atomic E-state index is -0.338. The van der Waals surface area contributed by atoms with Gasteiger partial charge in [0.2, 0.25) is 0 Å². The van der Waals surface area contributed by atoms with Crippen LogP contribution in [0.2, 0.25) is 5.02 Å². The van der Waals surface area contributed by atoms with Crippen molar-refractivity contribution < 1.29 is 0 Å². The number of benzene rings is 1. The molecule has 0 radical (unpaired) electrons. The average molecular weight is 307 g/mol. The zero-order valence-corrected chi connectivity index (χ0v) is 14.6. The molecule has 0 fully saturated rings. The number of aromatic nitrogens is 2. The summed E-state index contributed by atoms with van der Waals surface area (Å²) in [5.41, 5.74) is 0.915. The number of halogens is 1. The lowest BCUT2D eigenvalue weighted by molar-refractivity contribution is 0.338. The molecule has 0 aliphatic rings. The second-order valence-corrected chi connectivity index (χ2v) is 7.99. The van der Waals surface area contributed by atoms with E-state index in [1.54, 1.807) is 10.6 Å². The van der Waals surface area contributed by atoms with Crippen LogP contribution in [0, 0.1) is 6.92 Å². The summed E-state index contributed by atoms with van der Waals surface area (Å²) in [5.74, 6) is 0.764. The highest BCUT2D eigenvalue weighted by atomic mass is 35.5. The lowest BCUT2D eigenvalue weighted by atomic mass is 9.92. The maximum absolute atomic E-state index is 13.1. The fourth-order valence-corrected chi connectivity index (χ4v) is 2.73. The summed E-state index contributed by atoms with van der Waals surface area (Å²) in [7, 11) is 0. The van der Waals surface area contributed by atoms with Crippen LogP contribution in [0.5, 0.6) is 0 Å². The van der Waals surface area contributed by atoms with Crippen LogP contribution in [-0.2, 0) is 11.0 Å². The average Bonchev–Trinajstić information content (AvgIpc) is 2.30. The number of aryl methyl sites for hydroxylation is 1. The van der Waals surface area contributed by atoms with E-state index in [2.05, 4.69) is 20.8 Å². The maximum Gasteiger partial charge on any atom is 0.262 e. The zero-order valence-electron chi connectivity index (χ0n) is 13.8. The molecule has 0 saturated heterocycles. The summed E-state index contributed by atoms with van der Waals surface area (Å²) in [6.45, 7) is 14.2. The van der Waals surface area contributed by atoms with E-state index >= 15 is 0 Å². The van der Waals surface area contributed by atoms with Gasteiger partial charge in [-0.1, -0.05) is 38.4 Å². The second kappa shape index (κ2) is 4.84. The van der Waals surface area contributed by atoms with E-state index in [4.69, 9.17) is 16.6 Å². The minimum Gasteiger partial charge on any atom is -0.290 e. The van der Waals surface area contributed by atoms with Crippen molar-refractivity contribution in [1.29, 1.82) is 0 Å². The van der Waals surface area contributed by atoms with E-state index < -0.39 is 0 Å². The van der Waals surface area contributed by atoms with Gasteiger partial charge in [-0.2, -0.15) is 0 Å². The third-order valence-corrected chi connectivity index (χ3v) is 3.83. The SMILES string of the molecule is Cc1ccc(Cl)c2nc(C(C)(C)C)n(C(C)(C)C)c(=O)c12. The lowest BCUT2D eigenvalue weighted by Crippen LogP contribution is -2.41. The van der Waals surface area contributed by atoms with Gasteiger partial charge in [0.25, 0.3) is 5.56 Å². The van der Waals surface area contributed by atoms with Crippen LogP contribution < -0.4 is 5.56 Å². The van der Waals surface area contributed by atoms with Gasteiger partial charge in [-0.15, -0.1) is 0 Å². The fraction of sp³-hybridized carbons (Fsp3) is 0.529. The minimum absolute atomic E-state index is 0.0163. The first-order valence-electron chi connectivity index (χ1n) is 7.17. The molecule has 3 nitrogen and oxygen atoms in total. The molecular weight excluding hydrogens is 284 g/mol. The molecule has 1 aromatic carbocycles. The van der Waals surface area contributed by atoms with E-state index in [0.29, 0.717) is 15.9 Å². The Balaban J connectivity index is 3.11. The molecular formula is C17H23ClN2O. The molecule has 2 aromatic rings. The zero-order chi connectivity index (χ0) is 16.2. The molecule has 0 N–H and O–H groups in total. The van der Waals surface area contributed by atoms with Crippen molar-refractivity contribution in [2.45, 2.75) is 59.4 Å². The van der Waals surface area contributed by atoms with E-state index in [1.807, 2.05) is 33.8 Å². The Hall–Kier alpha value is -1.35. The summed E-state index contributed by atoms with van der Waals surface area (Å²) in [4.78, 5) is 17.8. The Kier molecular flexibility index (Phi) is 3.69. The van der Waals surface area contributed by atoms with Crippen LogP contribution in [0.3, 0.4) is 0 Å². The van der Waals surface area contributed by atoms with E-state index in [-0.39, 0.29) is 16.5 Å². The van der Waals surface area contributed by atoms with Crippen molar-refractivity contribution >= 4 is 22.5 Å². The van der Waals surface area contributed by atoms with Gasteiger partial charge in [0, 0.05) is 11.0 Å². The van der Waals surface area contributed by atoms with Crippen LogP contribution >= 0.6 is 11.6 Å². The van der Waals surface area contributed by atoms with E-state index in [9.17, 15) is 4.79 Å². The van der Waals surface area contributed by atoms with Crippen LogP contribution in [-0.4, -0.2) is 9.55 Å². The van der Waals surface area contributed by atoms with Crippen molar-refractivity contribution in [2.24, 2.45) is 0 Å². The predicted molar refractivity (Wildman–Crippen MR) is 89.4 cm³/mol. The number of nitrogens with zero attached hydrogens (tertiary/aromatic N) is 2. The number of rotatable bonds is 0. The maximum atomic E-state index is 13.1. The summed E-state index contributed by atoms with van der Waals surface area (Å²) in [5, 5.41) is 1.14. The predicted octanol–water partition coefficient (Wildman–Crippen LogP) is 4.41. The molecule has 21 heavy (non-hydrogen) atoms. The molecule has 1 aromatic heterocycles. The largest absolute Gasteiger partial charge is 0.290 e. The molecule has 1 heterocycles. The van der Waals surface area contributed by atoms with Gasteiger partial charge in [-0.25, -0.2) is 4.98 Å². The van der Waals surface area contributed by atoms with Crippen molar-refractivity contribution in [1.82, 2.24) is 9.55 Å². The molecule has 0 saturated carbocycles. The van der Waals surface area contributed by atoms with Gasteiger partial charge in [0.15, 0.2) is 0 Å². The topological polar surface area (TPSA) is 34.9 Å². The van der Waals surface area contributed by atoms with E-state index in [1.165, 1.54) is 0 Å². The number of fused-ring (bicyclic) bond motifs is 1. The first-order valence-corrected chi connectivity index (χ1v) is 7.55. The molecule has 0 amide bonds. The van der Waals surface area contributed by atoms with Gasteiger partial charge >= 0.3 is 0 Å². The summed E-state index contributed by atoms with van der Waals surface area (Å²) in [6, 6.07) is 3.68. The molecule has 0 unspecified atom stereocenters. The third-order valence-electron chi connectivity index (χ3n) is 3.53. The third kappa shape index (κ3) is 2.71. The van der Waals surface area contributed by atoms with Crippen molar-refractivity contribution in [3.8, 4) is 0 Å². The normalized spacial score (nSPS) is 13.0. The van der Waals surface area contributed by atoms with Crippen LogP contribution in [0.15, 0.2) is 16.9 Å². The lowest BCUT2D eigenvalue weighted by Gasteiger charge is -2.31. The highest BCUT2D eigenvalue weighted by molar-refractivity contribution is 6.35. The van der Waals surface area contributed by atoms with Crippen molar-refractivity contribution in [3.63, 3.8) is 0 Å². The van der Waals surface area contributed by atoms with Crippen molar-refractivity contribution in [3.05, 3.63) is 38.9 Å². The molecule has 114 valence electrons. The Labute approximate surface area is 131 Å². The fourth-order valence-electron chi connectivity index (χ4n) is 2.54. The number of hydrogen-bond donors (Lipinski definition) is 0. The van der Waals surface area contributed by atoms with Gasteiger partial charge < -0.3 is 0 Å². The molecule has 0 atom stereocenters. The first-order chi connectivity index (χ1) is 9.44. The highest BCUT2D eigenvalue weighted by Gasteiger charge is 2.29. The number of hydrogen-bond acceptors (Lipinski definition) is 2. The highest BCUT2D eigenvalue weighted by Crippen LogP contribution is 2.29. The van der Waals surface area contributed by atoms with Gasteiger partial charge in [-0.05, 0) is 39.3 Å². The summed E-state index contributed by atoms with van der Waals surface area (Å²) < 4.78 is 1.80. The standard InChI is InChI=1S/C17H23ClN2O/c1-10-8-9-11(18)13-12(10)14(21)20(17(5,6)7)15(19-13)16(2,3)4/h8-9H,1-7H3. The summed E-state index contributed by atoms with van der Waals surface area (Å²) >= 11 is 6.28. The molecule has 0 aliphatic heterocycles. The van der Waals surface area contributed by atoms with Crippen molar-refractivity contribution in [2.75, 3.05) is 0 Å². The van der Waals surface area contributed by atoms with Gasteiger partial charge in [0.1, 0.15) is 5.82 Å². The Morgan fingerprint density at radius 3 is 2.14 bits per heavy atom. The molecule has 0 aliphatic carbocycles. The van der Waals surface area contributed by atoms with E-state index in [0.717, 1.165) is 11.4 Å². The molecule has 0 spiro atoms. The first kappa shape index (κ1) is 16.0. The monoisotopic (exact) mass is 306 g/mol. The molecule has 0 bridgehead atoms. The Bertz CT molecular complexity index is 761. The van der Waals surface area contributed by atoms with Crippen LogP contribution in [0.1, 0.15) is 52.9 Å². The van der Waals surface area contributed by atoms with Gasteiger partial charge in [0.05, 0.1) is 15.9 Å². The molecule has 4 heteroatoms. The second-order valence-electron chi connectivity index (χ2n) is 7.58. The Morgan fingerprint density at radius 2 is 1.67 bits per heavy atom. The quantitative estimate of drug-likeness (QED) is 0.722. The smallest absolute Gasteiger partial charge is 0.262 e. The van der Waals surface area contributed by atoms with Crippen LogP contribution in [0.25, 0.3) is 10.9 Å².